The number of benzene rings is 2. The van der Waals surface area contributed by atoms with Crippen molar-refractivity contribution in [2.45, 2.75) is 25.7 Å². The molecule has 0 aromatic heterocycles. The van der Waals surface area contributed by atoms with Crippen LogP contribution in [0.3, 0.4) is 0 Å². The van der Waals surface area contributed by atoms with E-state index in [4.69, 9.17) is 0 Å². The van der Waals surface area contributed by atoms with Crippen LogP contribution in [0.25, 0.3) is 0 Å². The molecular formula is C23H29N3O4S. The maximum Gasteiger partial charge on any atom is 0.239 e. The van der Waals surface area contributed by atoms with Crippen molar-refractivity contribution in [3.05, 3.63) is 54.1 Å². The van der Waals surface area contributed by atoms with Crippen molar-refractivity contribution < 1.29 is 18.0 Å². The van der Waals surface area contributed by atoms with Gasteiger partial charge < -0.3 is 15.1 Å². The Hall–Kier alpha value is -2.87. The van der Waals surface area contributed by atoms with Crippen molar-refractivity contribution in [2.24, 2.45) is 5.92 Å². The van der Waals surface area contributed by atoms with Gasteiger partial charge in [0.1, 0.15) is 5.75 Å². The summed E-state index contributed by atoms with van der Waals surface area (Å²) in [6, 6.07) is 13.8. The van der Waals surface area contributed by atoms with Gasteiger partial charge in [-0.3, -0.25) is 9.59 Å². The highest BCUT2D eigenvalue weighted by Gasteiger charge is 2.23. The van der Waals surface area contributed by atoms with Crippen LogP contribution < -0.4 is 10.2 Å². The number of hydrogen-bond acceptors (Lipinski definition) is 5. The fraction of sp³-hybridized carbons (Fsp3) is 0.391. The van der Waals surface area contributed by atoms with Crippen LogP contribution in [0, 0.1) is 12.8 Å². The van der Waals surface area contributed by atoms with E-state index in [1.807, 2.05) is 37.8 Å². The molecule has 0 aliphatic carbocycles. The Morgan fingerprint density at radius 2 is 1.52 bits per heavy atom. The lowest BCUT2D eigenvalue weighted by Gasteiger charge is -2.37. The third-order valence-electron chi connectivity index (χ3n) is 5.30. The first-order valence-corrected chi connectivity index (χ1v) is 12.0. The van der Waals surface area contributed by atoms with Gasteiger partial charge in [-0.25, -0.2) is 8.42 Å². The zero-order chi connectivity index (χ0) is 22.6. The number of amides is 2. The minimum Gasteiger partial charge on any atom is -0.368 e. The fourth-order valence-corrected chi connectivity index (χ4v) is 4.64. The number of sulfone groups is 1. The fourth-order valence-electron chi connectivity index (χ4n) is 3.50. The Balaban J connectivity index is 1.55. The second kappa shape index (κ2) is 9.51. The van der Waals surface area contributed by atoms with Gasteiger partial charge in [-0.05, 0) is 43.3 Å². The molecule has 3 rings (SSSR count). The monoisotopic (exact) mass is 443 g/mol. The smallest absolute Gasteiger partial charge is 0.239 e. The van der Waals surface area contributed by atoms with Gasteiger partial charge in [0.2, 0.25) is 11.8 Å². The number of rotatable bonds is 6. The molecule has 0 atom stereocenters. The third kappa shape index (κ3) is 5.85. The Morgan fingerprint density at radius 3 is 2.06 bits per heavy atom. The van der Waals surface area contributed by atoms with E-state index in [0.717, 1.165) is 24.3 Å². The molecule has 1 N–H and O–H groups in total. The van der Waals surface area contributed by atoms with Gasteiger partial charge >= 0.3 is 0 Å². The number of anilines is 2. The molecule has 2 amide bonds. The number of piperazine rings is 1. The van der Waals surface area contributed by atoms with E-state index in [-0.39, 0.29) is 16.7 Å². The van der Waals surface area contributed by atoms with E-state index >= 15 is 0 Å². The van der Waals surface area contributed by atoms with Crippen LogP contribution in [0.2, 0.25) is 0 Å². The molecule has 8 heteroatoms. The van der Waals surface area contributed by atoms with Gasteiger partial charge in [0.15, 0.2) is 9.84 Å². The summed E-state index contributed by atoms with van der Waals surface area (Å²) < 4.78 is 24.9. The van der Waals surface area contributed by atoms with Crippen LogP contribution in [-0.2, 0) is 19.4 Å². The van der Waals surface area contributed by atoms with E-state index in [1.54, 1.807) is 24.3 Å². The van der Waals surface area contributed by atoms with Gasteiger partial charge in [0, 0.05) is 43.5 Å². The predicted octanol–water partition coefficient (Wildman–Crippen LogP) is 2.71. The molecule has 0 unspecified atom stereocenters. The summed E-state index contributed by atoms with van der Waals surface area (Å²) in [5.41, 5.74) is 2.50. The molecule has 2 aromatic rings. The minimum absolute atomic E-state index is 0.00395. The Kier molecular flexibility index (Phi) is 7.00. The van der Waals surface area contributed by atoms with Crippen molar-refractivity contribution in [2.75, 3.05) is 42.1 Å². The molecule has 2 aromatic carbocycles. The summed E-state index contributed by atoms with van der Waals surface area (Å²) in [5, 5.41) is 2.65. The van der Waals surface area contributed by atoms with Crippen LogP contribution in [0.4, 0.5) is 11.4 Å². The molecule has 1 heterocycles. The summed E-state index contributed by atoms with van der Waals surface area (Å²) in [5.74, 6) is -0.999. The molecule has 0 spiro atoms. The predicted molar refractivity (Wildman–Crippen MR) is 122 cm³/mol. The summed E-state index contributed by atoms with van der Waals surface area (Å²) in [4.78, 5) is 28.6. The van der Waals surface area contributed by atoms with Crippen LogP contribution in [0.1, 0.15) is 19.4 Å². The van der Waals surface area contributed by atoms with Crippen molar-refractivity contribution in [1.82, 2.24) is 4.90 Å². The van der Waals surface area contributed by atoms with Gasteiger partial charge in [-0.15, -0.1) is 0 Å². The average molecular weight is 444 g/mol. The van der Waals surface area contributed by atoms with Crippen LogP contribution in [0.15, 0.2) is 53.4 Å². The molecule has 1 fully saturated rings. The number of hydrogen-bond donors (Lipinski definition) is 1. The van der Waals surface area contributed by atoms with E-state index in [2.05, 4.69) is 10.2 Å². The second-order valence-electron chi connectivity index (χ2n) is 8.13. The van der Waals surface area contributed by atoms with E-state index in [1.165, 1.54) is 12.1 Å². The van der Waals surface area contributed by atoms with Gasteiger partial charge in [0.25, 0.3) is 0 Å². The van der Waals surface area contributed by atoms with Crippen molar-refractivity contribution in [1.29, 1.82) is 0 Å². The average Bonchev–Trinajstić information content (AvgIpc) is 2.73. The lowest BCUT2D eigenvalue weighted by Crippen LogP contribution is -2.49. The second-order valence-corrected chi connectivity index (χ2v) is 10.1. The van der Waals surface area contributed by atoms with Crippen molar-refractivity contribution in [3.8, 4) is 0 Å². The highest BCUT2D eigenvalue weighted by Crippen LogP contribution is 2.20. The molecule has 166 valence electrons. The largest absolute Gasteiger partial charge is 0.368 e. The summed E-state index contributed by atoms with van der Waals surface area (Å²) >= 11 is 0. The van der Waals surface area contributed by atoms with E-state index in [9.17, 15) is 18.0 Å². The van der Waals surface area contributed by atoms with E-state index < -0.39 is 21.5 Å². The molecule has 0 saturated carbocycles. The van der Waals surface area contributed by atoms with Gasteiger partial charge in [0.05, 0.1) is 4.90 Å². The lowest BCUT2D eigenvalue weighted by atomic mass is 10.1. The van der Waals surface area contributed by atoms with E-state index in [0.29, 0.717) is 18.8 Å². The molecule has 1 aliphatic rings. The molecule has 0 radical (unpaired) electrons. The highest BCUT2D eigenvalue weighted by molar-refractivity contribution is 7.92. The number of carbonyl (C=O) groups excluding carboxylic acids is 2. The van der Waals surface area contributed by atoms with Crippen molar-refractivity contribution in [3.63, 3.8) is 0 Å². The van der Waals surface area contributed by atoms with Crippen LogP contribution in [0.5, 0.6) is 0 Å². The topological polar surface area (TPSA) is 86.8 Å². The Labute approximate surface area is 184 Å². The zero-order valence-corrected chi connectivity index (χ0v) is 19.0. The zero-order valence-electron chi connectivity index (χ0n) is 18.2. The molecule has 31 heavy (non-hydrogen) atoms. The number of carbonyl (C=O) groups is 2. The SMILES string of the molecule is Cc1ccc(S(=O)(=O)CC(=O)Nc2ccc(N3CCN(C(=O)C(C)C)CC3)cc2)cc1. The first kappa shape index (κ1) is 22.8. The number of nitrogens with one attached hydrogen (secondary N) is 1. The molecular weight excluding hydrogens is 414 g/mol. The standard InChI is InChI=1S/C23H29N3O4S/c1-17(2)23(28)26-14-12-25(13-15-26)20-8-6-19(7-9-20)24-22(27)16-31(29,30)21-10-4-18(3)5-11-21/h4-11,17H,12-16H2,1-3H3,(H,24,27). The highest BCUT2D eigenvalue weighted by atomic mass is 32.2. The minimum atomic E-state index is -3.69. The van der Waals surface area contributed by atoms with Gasteiger partial charge in [-0.1, -0.05) is 31.5 Å². The molecule has 0 bridgehead atoms. The van der Waals surface area contributed by atoms with Crippen LogP contribution in [-0.4, -0.2) is 57.1 Å². The maximum atomic E-state index is 12.4. The Morgan fingerprint density at radius 1 is 0.935 bits per heavy atom. The summed E-state index contributed by atoms with van der Waals surface area (Å²) in [7, 11) is -3.69. The van der Waals surface area contributed by atoms with Gasteiger partial charge in [-0.2, -0.15) is 0 Å². The summed E-state index contributed by atoms with van der Waals surface area (Å²) in [6.45, 7) is 8.57. The first-order chi connectivity index (χ1) is 14.7. The molecule has 7 nitrogen and oxygen atoms in total. The third-order valence-corrected chi connectivity index (χ3v) is 6.94. The molecule has 1 aliphatic heterocycles. The quantitative estimate of drug-likeness (QED) is 0.742. The maximum absolute atomic E-state index is 12.4. The molecule has 1 saturated heterocycles. The first-order valence-electron chi connectivity index (χ1n) is 10.4. The number of nitrogens with zero attached hydrogens (tertiary/aromatic N) is 2. The number of aryl methyl sites for hydroxylation is 1. The summed E-state index contributed by atoms with van der Waals surface area (Å²) in [6.07, 6.45) is 0. The lowest BCUT2D eigenvalue weighted by molar-refractivity contribution is -0.134. The Bertz CT molecular complexity index is 1020. The van der Waals surface area contributed by atoms with Crippen LogP contribution >= 0.6 is 0 Å². The normalized spacial score (nSPS) is 14.6. The van der Waals surface area contributed by atoms with Crippen molar-refractivity contribution >= 4 is 33.0 Å².